The standard InChI is InChI=1S/C21H10Cl2O7/c22-15-13(24)5-3-10-17(15)29-18-11(4-6-14(25)16(18)23)21(10)12-7-8(19(26)27)1-2-9(12)20(28)30-21/h1-7,24-25H,(H,26,27). The van der Waals surface area contributed by atoms with E-state index in [2.05, 4.69) is 0 Å². The van der Waals surface area contributed by atoms with E-state index in [0.29, 0.717) is 0 Å². The number of carbonyl (C=O) groups is 2. The molecule has 1 spiro atoms. The number of rotatable bonds is 1. The van der Waals surface area contributed by atoms with Crippen LogP contribution in [-0.2, 0) is 10.3 Å². The normalized spacial score (nSPS) is 15.1. The van der Waals surface area contributed by atoms with E-state index in [-0.39, 0.29) is 60.9 Å². The molecule has 7 nitrogen and oxygen atoms in total. The summed E-state index contributed by atoms with van der Waals surface area (Å²) in [7, 11) is 0. The highest BCUT2D eigenvalue weighted by Crippen LogP contribution is 2.60. The van der Waals surface area contributed by atoms with Gasteiger partial charge in [0, 0.05) is 16.7 Å². The lowest BCUT2D eigenvalue weighted by Crippen LogP contribution is -2.33. The van der Waals surface area contributed by atoms with Crippen molar-refractivity contribution in [3.8, 4) is 23.0 Å². The van der Waals surface area contributed by atoms with Crippen molar-refractivity contribution in [1.29, 1.82) is 0 Å². The number of halogens is 2. The molecule has 0 aliphatic carbocycles. The molecule has 3 N–H and O–H groups in total. The lowest BCUT2D eigenvalue weighted by atomic mass is 9.77. The van der Waals surface area contributed by atoms with Gasteiger partial charge in [0.25, 0.3) is 0 Å². The van der Waals surface area contributed by atoms with Crippen LogP contribution < -0.4 is 4.74 Å². The number of carboxylic acids is 1. The summed E-state index contributed by atoms with van der Waals surface area (Å²) in [5.74, 6) is -2.50. The van der Waals surface area contributed by atoms with E-state index in [9.17, 15) is 24.9 Å². The molecule has 2 aliphatic rings. The Morgan fingerprint density at radius 3 is 1.97 bits per heavy atom. The van der Waals surface area contributed by atoms with E-state index in [1.54, 1.807) is 0 Å². The first-order valence-electron chi connectivity index (χ1n) is 8.58. The SMILES string of the molecule is O=C(O)c1ccc2c(c1)C1(OC2=O)c2ccc(O)c(Cl)c2Oc2c1ccc(O)c2Cl. The van der Waals surface area contributed by atoms with Gasteiger partial charge in [-0.05, 0) is 42.5 Å². The van der Waals surface area contributed by atoms with Gasteiger partial charge in [0.05, 0.1) is 11.1 Å². The van der Waals surface area contributed by atoms with Crippen molar-refractivity contribution in [3.05, 3.63) is 80.3 Å². The van der Waals surface area contributed by atoms with Crippen molar-refractivity contribution >= 4 is 35.1 Å². The summed E-state index contributed by atoms with van der Waals surface area (Å²) in [5.41, 5.74) is -0.747. The van der Waals surface area contributed by atoms with Gasteiger partial charge in [0.2, 0.25) is 0 Å². The van der Waals surface area contributed by atoms with Crippen LogP contribution in [0.25, 0.3) is 0 Å². The molecule has 0 fully saturated rings. The molecule has 0 saturated carbocycles. The van der Waals surface area contributed by atoms with E-state index in [1.165, 1.54) is 42.5 Å². The molecule has 2 aliphatic heterocycles. The number of esters is 1. The zero-order chi connectivity index (χ0) is 21.4. The van der Waals surface area contributed by atoms with Crippen LogP contribution in [0.2, 0.25) is 10.0 Å². The predicted molar refractivity (Wildman–Crippen MR) is 105 cm³/mol. The lowest BCUT2D eigenvalue weighted by molar-refractivity contribution is 0.0224. The van der Waals surface area contributed by atoms with Gasteiger partial charge in [-0.2, -0.15) is 0 Å². The second-order valence-corrected chi connectivity index (χ2v) is 7.54. The molecular weight excluding hydrogens is 435 g/mol. The summed E-state index contributed by atoms with van der Waals surface area (Å²) in [6, 6.07) is 9.57. The molecule has 0 saturated heterocycles. The summed E-state index contributed by atoms with van der Waals surface area (Å²) >= 11 is 12.5. The van der Waals surface area contributed by atoms with Crippen molar-refractivity contribution < 1.29 is 34.4 Å². The fourth-order valence-corrected chi connectivity index (χ4v) is 4.29. The summed E-state index contributed by atoms with van der Waals surface area (Å²) in [5, 5.41) is 29.3. The Kier molecular flexibility index (Phi) is 3.75. The Balaban J connectivity index is 1.95. The van der Waals surface area contributed by atoms with Crippen molar-refractivity contribution in [3.63, 3.8) is 0 Å². The van der Waals surface area contributed by atoms with Crippen LogP contribution in [0.4, 0.5) is 0 Å². The van der Waals surface area contributed by atoms with Crippen LogP contribution in [0.15, 0.2) is 42.5 Å². The van der Waals surface area contributed by atoms with Gasteiger partial charge >= 0.3 is 11.9 Å². The van der Waals surface area contributed by atoms with Gasteiger partial charge in [-0.1, -0.05) is 23.2 Å². The summed E-state index contributed by atoms with van der Waals surface area (Å²) in [6.07, 6.45) is 0. The largest absolute Gasteiger partial charge is 0.506 e. The predicted octanol–water partition coefficient (Wildman–Crippen LogP) is 4.67. The number of aromatic carboxylic acids is 1. The Labute approximate surface area is 178 Å². The molecule has 9 heteroatoms. The number of phenols is 2. The van der Waals surface area contributed by atoms with Crippen LogP contribution in [-0.4, -0.2) is 27.3 Å². The van der Waals surface area contributed by atoms with Crippen LogP contribution in [0, 0.1) is 0 Å². The fraction of sp³-hybridized carbons (Fsp3) is 0.0476. The van der Waals surface area contributed by atoms with Gasteiger partial charge in [-0.25, -0.2) is 9.59 Å². The van der Waals surface area contributed by atoms with E-state index < -0.39 is 17.5 Å². The van der Waals surface area contributed by atoms with Crippen molar-refractivity contribution in [2.75, 3.05) is 0 Å². The number of benzene rings is 3. The maximum absolute atomic E-state index is 12.8. The van der Waals surface area contributed by atoms with E-state index in [0.717, 1.165) is 0 Å². The van der Waals surface area contributed by atoms with Crippen LogP contribution in [0.3, 0.4) is 0 Å². The molecule has 3 aromatic rings. The van der Waals surface area contributed by atoms with Gasteiger partial charge in [-0.3, -0.25) is 0 Å². The second-order valence-electron chi connectivity index (χ2n) is 6.79. The first-order chi connectivity index (χ1) is 14.3. The van der Waals surface area contributed by atoms with E-state index in [1.807, 2.05) is 0 Å². The zero-order valence-corrected chi connectivity index (χ0v) is 16.3. The number of carbonyl (C=O) groups excluding carboxylic acids is 1. The third-order valence-electron chi connectivity index (χ3n) is 5.23. The molecular formula is C21H10Cl2O7. The third-order valence-corrected chi connectivity index (χ3v) is 5.96. The fourth-order valence-electron chi connectivity index (χ4n) is 3.89. The van der Waals surface area contributed by atoms with Gasteiger partial charge in [-0.15, -0.1) is 0 Å². The smallest absolute Gasteiger partial charge is 0.340 e. The third kappa shape index (κ3) is 2.21. The minimum absolute atomic E-state index is 0.0296. The number of carboxylic acid groups (broad SMARTS) is 1. The zero-order valence-electron chi connectivity index (χ0n) is 14.8. The monoisotopic (exact) mass is 444 g/mol. The minimum atomic E-state index is -1.64. The molecule has 0 atom stereocenters. The number of hydrogen-bond acceptors (Lipinski definition) is 6. The van der Waals surface area contributed by atoms with Gasteiger partial charge in [0.1, 0.15) is 21.5 Å². The Bertz CT molecular complexity index is 1240. The lowest BCUT2D eigenvalue weighted by Gasteiger charge is -2.37. The Morgan fingerprint density at radius 2 is 1.43 bits per heavy atom. The quantitative estimate of drug-likeness (QED) is 0.467. The minimum Gasteiger partial charge on any atom is -0.506 e. The average molecular weight is 445 g/mol. The highest BCUT2D eigenvalue weighted by molar-refractivity contribution is 6.34. The highest BCUT2D eigenvalue weighted by atomic mass is 35.5. The summed E-state index contributed by atoms with van der Waals surface area (Å²) in [4.78, 5) is 24.4. The first kappa shape index (κ1) is 18.6. The van der Waals surface area contributed by atoms with Crippen molar-refractivity contribution in [2.24, 2.45) is 0 Å². The van der Waals surface area contributed by atoms with Crippen molar-refractivity contribution in [2.45, 2.75) is 5.60 Å². The van der Waals surface area contributed by atoms with E-state index >= 15 is 0 Å². The number of ether oxygens (including phenoxy) is 2. The number of phenolic OH excluding ortho intramolecular Hbond substituents is 2. The summed E-state index contributed by atoms with van der Waals surface area (Å²) < 4.78 is 11.7. The average Bonchev–Trinajstić information content (AvgIpc) is 3.01. The Hall–Kier alpha value is -3.42. The van der Waals surface area contributed by atoms with E-state index in [4.69, 9.17) is 32.7 Å². The molecule has 0 amide bonds. The maximum Gasteiger partial charge on any atom is 0.340 e. The molecule has 30 heavy (non-hydrogen) atoms. The summed E-state index contributed by atoms with van der Waals surface area (Å²) in [6.45, 7) is 0. The highest BCUT2D eigenvalue weighted by Gasteiger charge is 2.55. The molecule has 3 aromatic carbocycles. The van der Waals surface area contributed by atoms with Crippen LogP contribution >= 0.6 is 23.2 Å². The molecule has 0 aromatic heterocycles. The molecule has 0 bridgehead atoms. The second kappa shape index (κ2) is 6.04. The molecule has 0 radical (unpaired) electrons. The van der Waals surface area contributed by atoms with Crippen LogP contribution in [0.5, 0.6) is 23.0 Å². The van der Waals surface area contributed by atoms with Gasteiger partial charge in [0.15, 0.2) is 17.1 Å². The molecule has 150 valence electrons. The number of fused-ring (bicyclic) bond motifs is 6. The van der Waals surface area contributed by atoms with Crippen LogP contribution in [0.1, 0.15) is 37.4 Å². The first-order valence-corrected chi connectivity index (χ1v) is 9.34. The maximum atomic E-state index is 12.8. The number of aromatic hydroxyl groups is 2. The van der Waals surface area contributed by atoms with Gasteiger partial charge < -0.3 is 24.8 Å². The van der Waals surface area contributed by atoms with Crippen molar-refractivity contribution in [1.82, 2.24) is 0 Å². The molecule has 0 unspecified atom stereocenters. The topological polar surface area (TPSA) is 113 Å². The molecule has 5 rings (SSSR count). The molecule has 2 heterocycles. The number of hydrogen-bond donors (Lipinski definition) is 3. The Morgan fingerprint density at radius 1 is 0.867 bits per heavy atom.